The van der Waals surface area contributed by atoms with Crippen molar-refractivity contribution in [1.29, 1.82) is 5.26 Å². The molecule has 15 rings (SSSR count). The van der Waals surface area contributed by atoms with E-state index in [1.807, 2.05) is 78.9 Å². The van der Waals surface area contributed by atoms with Crippen molar-refractivity contribution in [3.63, 3.8) is 0 Å². The number of hydrogen-bond acceptors (Lipinski definition) is 4. The molecule has 0 amide bonds. The van der Waals surface area contributed by atoms with Crippen molar-refractivity contribution in [2.45, 2.75) is 6.92 Å². The van der Waals surface area contributed by atoms with Crippen LogP contribution in [-0.2, 0) is 0 Å². The zero-order chi connectivity index (χ0) is 46.4. The van der Waals surface area contributed by atoms with E-state index in [0.29, 0.717) is 28.2 Å². The molecule has 0 aliphatic carbocycles. The summed E-state index contributed by atoms with van der Waals surface area (Å²) < 4.78 is 20.9. The van der Waals surface area contributed by atoms with Crippen LogP contribution in [0.25, 0.3) is 146 Å². The second-order valence-electron chi connectivity index (χ2n) is 18.1. The maximum atomic E-state index is 12.1. The molecule has 0 saturated carbocycles. The first-order valence-corrected chi connectivity index (χ1v) is 24.1. The maximum Gasteiger partial charge on any atom is 0.220 e. The normalized spacial score (nSPS) is 12.0. The van der Waals surface area contributed by atoms with Crippen LogP contribution >= 0.6 is 11.3 Å². The topological polar surface area (TPSA) is 64.3 Å². The molecule has 10 aromatic carbocycles. The van der Waals surface area contributed by atoms with Gasteiger partial charge in [-0.15, -0.1) is 11.3 Å². The molecular formula is C63H34N4O2S. The van der Waals surface area contributed by atoms with Crippen molar-refractivity contribution < 1.29 is 8.83 Å². The molecule has 0 N–H and O–H groups in total. The minimum atomic E-state index is 0.362. The van der Waals surface area contributed by atoms with Crippen LogP contribution in [0.15, 0.2) is 197 Å². The standard InChI is InChI=1S/C63H34N4O2S/c1-35-16-15-26-50-52(35)46-33-30-41-38-21-9-12-24-48(38)66(57(41)62(46)69-50)56-47(34-64)53(36-17-5-3-6-18-36)55(65-2)60(54(56)37-19-7-4-8-20-37)67-58-42(28-31-44-39-22-10-13-25-49(39)68-61(44)58)43-29-32-45-40-23-11-14-27-51(40)70-63(45)59(43)67/h3-33H,1H3. The lowest BCUT2D eigenvalue weighted by molar-refractivity contribution is 0.671. The van der Waals surface area contributed by atoms with Crippen molar-refractivity contribution in [2.75, 3.05) is 0 Å². The van der Waals surface area contributed by atoms with Crippen LogP contribution in [0.4, 0.5) is 5.69 Å². The van der Waals surface area contributed by atoms with E-state index in [-0.39, 0.29) is 0 Å². The molecule has 0 spiro atoms. The van der Waals surface area contributed by atoms with E-state index in [4.69, 9.17) is 8.83 Å². The number of para-hydroxylation sites is 2. The Kier molecular flexibility index (Phi) is 7.91. The first kappa shape index (κ1) is 38.7. The molecule has 6 nitrogen and oxygen atoms in total. The second kappa shape index (κ2) is 14.3. The number of furan rings is 2. The van der Waals surface area contributed by atoms with Crippen LogP contribution in [0.1, 0.15) is 11.1 Å². The van der Waals surface area contributed by atoms with Gasteiger partial charge in [0.2, 0.25) is 5.69 Å². The van der Waals surface area contributed by atoms with Gasteiger partial charge in [-0.3, -0.25) is 0 Å². The molecule has 324 valence electrons. The van der Waals surface area contributed by atoms with Crippen LogP contribution in [0.3, 0.4) is 0 Å². The number of aryl methyl sites for hydroxylation is 1. The number of benzene rings is 10. The fourth-order valence-electron chi connectivity index (χ4n) is 11.6. The molecule has 0 atom stereocenters. The highest BCUT2D eigenvalue weighted by Crippen LogP contribution is 2.55. The van der Waals surface area contributed by atoms with Crippen molar-refractivity contribution >= 4 is 125 Å². The molecular weight excluding hydrogens is 877 g/mol. The maximum absolute atomic E-state index is 12.1. The summed E-state index contributed by atoms with van der Waals surface area (Å²) in [5.74, 6) is 0. The van der Waals surface area contributed by atoms with E-state index in [9.17, 15) is 11.8 Å². The lowest BCUT2D eigenvalue weighted by Crippen LogP contribution is -2.09. The molecule has 5 aromatic heterocycles. The zero-order valence-corrected chi connectivity index (χ0v) is 38.2. The molecule has 0 aliphatic rings. The second-order valence-corrected chi connectivity index (χ2v) is 19.1. The third-order valence-corrected chi connectivity index (χ3v) is 15.7. The number of aromatic nitrogens is 2. The highest BCUT2D eigenvalue weighted by Gasteiger charge is 2.34. The van der Waals surface area contributed by atoms with E-state index < -0.39 is 0 Å². The quantitative estimate of drug-likeness (QED) is 0.165. The summed E-state index contributed by atoms with van der Waals surface area (Å²) in [7, 11) is 0. The van der Waals surface area contributed by atoms with E-state index >= 15 is 0 Å². The minimum Gasteiger partial charge on any atom is -0.454 e. The number of rotatable bonds is 4. The highest BCUT2D eigenvalue weighted by atomic mass is 32.1. The van der Waals surface area contributed by atoms with E-state index in [2.05, 4.69) is 136 Å². The number of fused-ring (bicyclic) bond motifs is 18. The number of nitrogens with zero attached hydrogens (tertiary/aromatic N) is 4. The molecule has 0 radical (unpaired) electrons. The average molecular weight is 911 g/mol. The largest absolute Gasteiger partial charge is 0.454 e. The van der Waals surface area contributed by atoms with E-state index in [1.54, 1.807) is 11.3 Å². The Morgan fingerprint density at radius 1 is 0.486 bits per heavy atom. The predicted octanol–water partition coefficient (Wildman–Crippen LogP) is 18.1. The minimum absolute atomic E-state index is 0.362. The Morgan fingerprint density at radius 3 is 1.83 bits per heavy atom. The Morgan fingerprint density at radius 2 is 1.06 bits per heavy atom. The summed E-state index contributed by atoms with van der Waals surface area (Å²) in [5.41, 5.74) is 12.7. The number of nitriles is 1. The van der Waals surface area contributed by atoms with Gasteiger partial charge in [-0.1, -0.05) is 152 Å². The first-order valence-electron chi connectivity index (χ1n) is 23.3. The van der Waals surface area contributed by atoms with Crippen molar-refractivity contribution in [3.05, 3.63) is 211 Å². The summed E-state index contributed by atoms with van der Waals surface area (Å²) in [4.78, 5) is 4.62. The highest BCUT2D eigenvalue weighted by molar-refractivity contribution is 7.26. The number of thiophene rings is 1. The van der Waals surface area contributed by atoms with Gasteiger partial charge in [0.15, 0.2) is 11.2 Å². The monoisotopic (exact) mass is 910 g/mol. The van der Waals surface area contributed by atoms with Gasteiger partial charge >= 0.3 is 0 Å². The molecule has 7 heteroatoms. The molecule has 5 heterocycles. The smallest absolute Gasteiger partial charge is 0.220 e. The lowest BCUT2D eigenvalue weighted by Gasteiger charge is -2.25. The van der Waals surface area contributed by atoms with Gasteiger partial charge in [0, 0.05) is 69.7 Å². The number of hydrogen-bond donors (Lipinski definition) is 0. The van der Waals surface area contributed by atoms with Gasteiger partial charge in [-0.25, -0.2) is 4.85 Å². The molecule has 15 aromatic rings. The summed E-state index contributed by atoms with van der Waals surface area (Å²) in [5, 5.41) is 22.4. The Bertz CT molecular complexity index is 4730. The average Bonchev–Trinajstić information content (AvgIpc) is 4.23. The van der Waals surface area contributed by atoms with Crippen LogP contribution in [0, 0.1) is 24.8 Å². The van der Waals surface area contributed by atoms with E-state index in [0.717, 1.165) is 120 Å². The molecule has 0 saturated heterocycles. The Labute approximate surface area is 403 Å². The fraction of sp³-hybridized carbons (Fsp3) is 0.0159. The molecule has 0 aliphatic heterocycles. The molecule has 70 heavy (non-hydrogen) atoms. The fourth-order valence-corrected chi connectivity index (χ4v) is 12.9. The van der Waals surface area contributed by atoms with Gasteiger partial charge < -0.3 is 18.0 Å². The summed E-state index contributed by atoms with van der Waals surface area (Å²) in [6.45, 7) is 11.6. The van der Waals surface area contributed by atoms with Crippen LogP contribution in [0.5, 0.6) is 0 Å². The van der Waals surface area contributed by atoms with Crippen LogP contribution < -0.4 is 0 Å². The van der Waals surface area contributed by atoms with Crippen molar-refractivity contribution in [3.8, 4) is 39.7 Å². The van der Waals surface area contributed by atoms with Gasteiger partial charge in [-0.05, 0) is 60.0 Å². The molecule has 0 fully saturated rings. The zero-order valence-electron chi connectivity index (χ0n) is 37.4. The lowest BCUT2D eigenvalue weighted by atomic mass is 9.88. The van der Waals surface area contributed by atoms with Gasteiger partial charge in [0.05, 0.1) is 50.3 Å². The summed E-state index contributed by atoms with van der Waals surface area (Å²) in [6, 6.07) is 67.6. The van der Waals surface area contributed by atoms with E-state index in [1.165, 1.54) is 10.1 Å². The first-order chi connectivity index (χ1) is 34.6. The third kappa shape index (κ3) is 5.03. The summed E-state index contributed by atoms with van der Waals surface area (Å²) >= 11 is 1.76. The Hall–Kier alpha value is -9.40. The van der Waals surface area contributed by atoms with Crippen molar-refractivity contribution in [1.82, 2.24) is 9.13 Å². The van der Waals surface area contributed by atoms with Crippen molar-refractivity contribution in [2.24, 2.45) is 0 Å². The van der Waals surface area contributed by atoms with Gasteiger partial charge in [0.1, 0.15) is 17.2 Å². The summed E-state index contributed by atoms with van der Waals surface area (Å²) in [6.07, 6.45) is 0. The van der Waals surface area contributed by atoms with Crippen LogP contribution in [-0.4, -0.2) is 9.13 Å². The third-order valence-electron chi connectivity index (χ3n) is 14.5. The SMILES string of the molecule is [C-]#[N+]c1c(-c2ccccc2)c(C#N)c(-n2c3ccccc3c3ccc4c(oc5cccc(C)c54)c32)c(-c2ccccc2)c1-n1c2c(ccc3c4ccccc4oc32)c2ccc3c4ccccc4sc3c21. The van der Waals surface area contributed by atoms with Gasteiger partial charge in [-0.2, -0.15) is 5.26 Å². The Balaban J connectivity index is 1.27. The van der Waals surface area contributed by atoms with Crippen LogP contribution in [0.2, 0.25) is 0 Å². The van der Waals surface area contributed by atoms with Gasteiger partial charge in [0.25, 0.3) is 0 Å². The predicted molar refractivity (Wildman–Crippen MR) is 289 cm³/mol. The molecule has 0 unspecified atom stereocenters. The molecule has 0 bridgehead atoms.